The van der Waals surface area contributed by atoms with Crippen LogP contribution in [0.2, 0.25) is 0 Å². The van der Waals surface area contributed by atoms with Crippen molar-refractivity contribution >= 4 is 29.9 Å². The highest BCUT2D eigenvalue weighted by atomic mass is 127. The molecule has 6 heteroatoms. The van der Waals surface area contributed by atoms with Crippen LogP contribution in [0.5, 0.6) is 0 Å². The van der Waals surface area contributed by atoms with E-state index >= 15 is 0 Å². The van der Waals surface area contributed by atoms with E-state index in [1.807, 2.05) is 13.0 Å². The van der Waals surface area contributed by atoms with Crippen molar-refractivity contribution in [3.8, 4) is 0 Å². The van der Waals surface area contributed by atoms with Crippen molar-refractivity contribution in [2.45, 2.75) is 53.0 Å². The highest BCUT2D eigenvalue weighted by Gasteiger charge is 2.21. The van der Waals surface area contributed by atoms with E-state index in [4.69, 9.17) is 4.99 Å². The molecule has 0 spiro atoms. The number of hydrogen-bond donors (Lipinski definition) is 2. The number of guanidine groups is 1. The van der Waals surface area contributed by atoms with Crippen molar-refractivity contribution in [3.63, 3.8) is 0 Å². The summed E-state index contributed by atoms with van der Waals surface area (Å²) in [5, 5.41) is 6.75. The van der Waals surface area contributed by atoms with Crippen molar-refractivity contribution in [3.05, 3.63) is 35.1 Å². The summed E-state index contributed by atoms with van der Waals surface area (Å²) in [5.74, 6) is 1.35. The number of nitrogens with zero attached hydrogens (tertiary/aromatic N) is 2. The molecule has 1 fully saturated rings. The van der Waals surface area contributed by atoms with Crippen LogP contribution >= 0.6 is 24.0 Å². The van der Waals surface area contributed by atoms with E-state index in [9.17, 15) is 4.39 Å². The molecule has 1 unspecified atom stereocenters. The third-order valence-corrected chi connectivity index (χ3v) is 5.12. The molecule has 1 aliphatic heterocycles. The largest absolute Gasteiger partial charge is 0.357 e. The van der Waals surface area contributed by atoms with Gasteiger partial charge in [0.25, 0.3) is 0 Å². The molecule has 0 radical (unpaired) electrons. The van der Waals surface area contributed by atoms with Crippen LogP contribution in [0.15, 0.2) is 23.2 Å². The van der Waals surface area contributed by atoms with E-state index in [1.165, 1.54) is 31.0 Å². The Morgan fingerprint density at radius 2 is 2.11 bits per heavy atom. The lowest BCUT2D eigenvalue weighted by atomic mass is 9.97. The van der Waals surface area contributed by atoms with Gasteiger partial charge in [-0.1, -0.05) is 6.07 Å². The van der Waals surface area contributed by atoms with Crippen LogP contribution in [0.1, 0.15) is 44.7 Å². The van der Waals surface area contributed by atoms with Gasteiger partial charge in [0.1, 0.15) is 5.82 Å². The molecular weight excluding hydrogens is 454 g/mol. The summed E-state index contributed by atoms with van der Waals surface area (Å²) in [7, 11) is 0. The molecule has 1 saturated heterocycles. The highest BCUT2D eigenvalue weighted by molar-refractivity contribution is 14.0. The number of aliphatic imine (C=N–C) groups is 1. The second kappa shape index (κ2) is 12.5. The van der Waals surface area contributed by atoms with Gasteiger partial charge in [-0.2, -0.15) is 0 Å². The Kier molecular flexibility index (Phi) is 11.2. The predicted molar refractivity (Wildman–Crippen MR) is 124 cm³/mol. The first kappa shape index (κ1) is 24.1. The molecule has 2 rings (SSSR count). The molecule has 0 bridgehead atoms. The van der Waals surface area contributed by atoms with Gasteiger partial charge in [-0.05, 0) is 82.7 Å². The minimum absolute atomic E-state index is 0. The molecule has 1 aromatic carbocycles. The first-order valence-corrected chi connectivity index (χ1v) is 10.0. The number of likely N-dealkylation sites (tertiary alicyclic amines) is 1. The van der Waals surface area contributed by atoms with Gasteiger partial charge in [0.15, 0.2) is 5.96 Å². The number of rotatable bonds is 7. The average Bonchev–Trinajstić information content (AvgIpc) is 2.61. The Hall–Kier alpha value is -0.890. The van der Waals surface area contributed by atoms with Crippen LogP contribution in [0, 0.1) is 18.7 Å². The third-order valence-electron chi connectivity index (χ3n) is 5.12. The van der Waals surface area contributed by atoms with E-state index in [0.29, 0.717) is 12.0 Å². The molecular formula is C21H36FIN4. The summed E-state index contributed by atoms with van der Waals surface area (Å²) < 4.78 is 13.2. The predicted octanol–water partition coefficient (Wildman–Crippen LogP) is 3.97. The smallest absolute Gasteiger partial charge is 0.191 e. The summed E-state index contributed by atoms with van der Waals surface area (Å²) in [6, 6.07) is 5.62. The fraction of sp³-hybridized carbons (Fsp3) is 0.667. The molecule has 1 atom stereocenters. The third kappa shape index (κ3) is 8.34. The lowest BCUT2D eigenvalue weighted by molar-refractivity contribution is 0.143. The zero-order chi connectivity index (χ0) is 18.9. The fourth-order valence-electron chi connectivity index (χ4n) is 3.53. The molecule has 0 aliphatic carbocycles. The van der Waals surface area contributed by atoms with Gasteiger partial charge >= 0.3 is 0 Å². The Balaban J connectivity index is 0.00000364. The Labute approximate surface area is 181 Å². The minimum atomic E-state index is -0.169. The number of piperidine rings is 1. The molecule has 0 amide bonds. The number of aryl methyl sites for hydroxylation is 1. The van der Waals surface area contributed by atoms with Gasteiger partial charge in [0.05, 0.1) is 0 Å². The van der Waals surface area contributed by atoms with Crippen molar-refractivity contribution < 1.29 is 4.39 Å². The van der Waals surface area contributed by atoms with E-state index in [-0.39, 0.29) is 29.8 Å². The maximum absolute atomic E-state index is 13.2. The molecule has 4 nitrogen and oxygen atoms in total. The number of hydrogen-bond acceptors (Lipinski definition) is 2. The lowest BCUT2D eigenvalue weighted by Gasteiger charge is -2.34. The van der Waals surface area contributed by atoms with Gasteiger partial charge in [-0.3, -0.25) is 4.99 Å². The molecule has 0 saturated carbocycles. The van der Waals surface area contributed by atoms with E-state index in [2.05, 4.69) is 36.3 Å². The summed E-state index contributed by atoms with van der Waals surface area (Å²) in [6.07, 6.45) is 3.40. The molecule has 27 heavy (non-hydrogen) atoms. The van der Waals surface area contributed by atoms with Gasteiger partial charge in [-0.25, -0.2) is 4.39 Å². The van der Waals surface area contributed by atoms with Gasteiger partial charge in [-0.15, -0.1) is 24.0 Å². The standard InChI is InChI=1S/C21H35FN4.HI/c1-5-23-21(24-11-10-19-8-9-20(22)13-17(19)4)25-14-18-7-6-12-26(15-18)16(2)3;/h8-9,13,16,18H,5-7,10-12,14-15H2,1-4H3,(H2,23,24,25);1H. The van der Waals surface area contributed by atoms with Crippen LogP contribution in [-0.2, 0) is 6.42 Å². The summed E-state index contributed by atoms with van der Waals surface area (Å²) in [5.41, 5.74) is 2.18. The van der Waals surface area contributed by atoms with Crippen LogP contribution in [-0.4, -0.2) is 49.6 Å². The van der Waals surface area contributed by atoms with Crippen molar-refractivity contribution in [1.29, 1.82) is 0 Å². The first-order valence-electron chi connectivity index (χ1n) is 10.0. The molecule has 2 N–H and O–H groups in total. The monoisotopic (exact) mass is 490 g/mol. The number of halogens is 2. The molecule has 1 aliphatic rings. The Bertz CT molecular complexity index is 592. The molecule has 154 valence electrons. The zero-order valence-electron chi connectivity index (χ0n) is 17.2. The van der Waals surface area contributed by atoms with E-state index in [0.717, 1.165) is 44.1 Å². The van der Waals surface area contributed by atoms with E-state index in [1.54, 1.807) is 6.07 Å². The Morgan fingerprint density at radius 1 is 1.33 bits per heavy atom. The quantitative estimate of drug-likeness (QED) is 0.345. The SMILES string of the molecule is CCNC(=NCC1CCCN(C(C)C)C1)NCCc1ccc(F)cc1C.I. The number of benzene rings is 1. The van der Waals surface area contributed by atoms with Crippen molar-refractivity contribution in [1.82, 2.24) is 15.5 Å². The first-order chi connectivity index (χ1) is 12.5. The fourth-order valence-corrected chi connectivity index (χ4v) is 3.53. The van der Waals surface area contributed by atoms with Crippen LogP contribution in [0.3, 0.4) is 0 Å². The van der Waals surface area contributed by atoms with Gasteiger partial charge in [0.2, 0.25) is 0 Å². The van der Waals surface area contributed by atoms with Crippen molar-refractivity contribution in [2.24, 2.45) is 10.9 Å². The minimum Gasteiger partial charge on any atom is -0.357 e. The summed E-state index contributed by atoms with van der Waals surface area (Å²) in [6.45, 7) is 13.5. The van der Waals surface area contributed by atoms with Crippen LogP contribution in [0.4, 0.5) is 4.39 Å². The topological polar surface area (TPSA) is 39.7 Å². The maximum atomic E-state index is 13.2. The number of nitrogens with one attached hydrogen (secondary N) is 2. The summed E-state index contributed by atoms with van der Waals surface area (Å²) >= 11 is 0. The second-order valence-electron chi connectivity index (χ2n) is 7.56. The zero-order valence-corrected chi connectivity index (χ0v) is 19.6. The molecule has 1 heterocycles. The van der Waals surface area contributed by atoms with Crippen LogP contribution in [0.25, 0.3) is 0 Å². The molecule has 0 aromatic heterocycles. The van der Waals surface area contributed by atoms with E-state index < -0.39 is 0 Å². The second-order valence-corrected chi connectivity index (χ2v) is 7.56. The summed E-state index contributed by atoms with van der Waals surface area (Å²) in [4.78, 5) is 7.36. The lowest BCUT2D eigenvalue weighted by Crippen LogP contribution is -2.42. The van der Waals surface area contributed by atoms with Crippen molar-refractivity contribution in [2.75, 3.05) is 32.7 Å². The highest BCUT2D eigenvalue weighted by Crippen LogP contribution is 2.18. The average molecular weight is 490 g/mol. The van der Waals surface area contributed by atoms with Gasteiger partial charge < -0.3 is 15.5 Å². The Morgan fingerprint density at radius 3 is 2.78 bits per heavy atom. The maximum Gasteiger partial charge on any atom is 0.191 e. The van der Waals surface area contributed by atoms with Gasteiger partial charge in [0, 0.05) is 32.2 Å². The molecule has 1 aromatic rings. The normalized spacial score (nSPS) is 18.3. The van der Waals surface area contributed by atoms with Crippen LogP contribution < -0.4 is 10.6 Å².